The van der Waals surface area contributed by atoms with Crippen molar-refractivity contribution in [1.29, 1.82) is 0 Å². The van der Waals surface area contributed by atoms with Crippen LogP contribution in [0.2, 0.25) is 0 Å². The molecule has 2 N–H and O–H groups in total. The SMILES string of the molecule is CN1CCCCC(CN)C1c1cccc(C(F)(F)F)c1. The summed E-state index contributed by atoms with van der Waals surface area (Å²) in [5.41, 5.74) is 5.98. The van der Waals surface area contributed by atoms with Gasteiger partial charge in [-0.2, -0.15) is 13.2 Å². The van der Waals surface area contributed by atoms with Crippen LogP contribution in [0, 0.1) is 5.92 Å². The molecule has 20 heavy (non-hydrogen) atoms. The maximum absolute atomic E-state index is 12.9. The molecule has 2 atom stereocenters. The Morgan fingerprint density at radius 1 is 1.30 bits per heavy atom. The Kier molecular flexibility index (Phi) is 4.70. The topological polar surface area (TPSA) is 29.3 Å². The van der Waals surface area contributed by atoms with Gasteiger partial charge in [0.25, 0.3) is 0 Å². The molecule has 112 valence electrons. The summed E-state index contributed by atoms with van der Waals surface area (Å²) in [6.45, 7) is 1.41. The van der Waals surface area contributed by atoms with E-state index >= 15 is 0 Å². The minimum Gasteiger partial charge on any atom is -0.330 e. The van der Waals surface area contributed by atoms with Gasteiger partial charge in [-0.3, -0.25) is 4.90 Å². The third kappa shape index (κ3) is 3.33. The Morgan fingerprint density at radius 2 is 2.05 bits per heavy atom. The van der Waals surface area contributed by atoms with Gasteiger partial charge in [-0.05, 0) is 56.6 Å². The number of nitrogens with two attached hydrogens (primary N) is 1. The average Bonchev–Trinajstić information content (AvgIpc) is 2.59. The Morgan fingerprint density at radius 3 is 2.70 bits per heavy atom. The van der Waals surface area contributed by atoms with Crippen molar-refractivity contribution in [1.82, 2.24) is 4.90 Å². The van der Waals surface area contributed by atoms with Crippen LogP contribution in [0.15, 0.2) is 24.3 Å². The quantitative estimate of drug-likeness (QED) is 0.902. The standard InChI is InChI=1S/C15H21F3N2/c1-20-8-3-2-5-12(10-19)14(20)11-6-4-7-13(9-11)15(16,17)18/h4,6-7,9,12,14H,2-3,5,8,10,19H2,1H3. The Balaban J connectivity index is 2.36. The predicted octanol–water partition coefficient (Wildman–Crippen LogP) is 3.44. The summed E-state index contributed by atoms with van der Waals surface area (Å²) in [4.78, 5) is 2.14. The van der Waals surface area contributed by atoms with E-state index in [0.29, 0.717) is 6.54 Å². The second-order valence-electron chi connectivity index (χ2n) is 5.54. The first-order valence-corrected chi connectivity index (χ1v) is 7.01. The van der Waals surface area contributed by atoms with Crippen LogP contribution in [-0.2, 0) is 6.18 Å². The fraction of sp³-hybridized carbons (Fsp3) is 0.600. The van der Waals surface area contributed by atoms with E-state index in [1.807, 2.05) is 7.05 Å². The first-order valence-electron chi connectivity index (χ1n) is 7.01. The summed E-state index contributed by atoms with van der Waals surface area (Å²) in [7, 11) is 1.97. The van der Waals surface area contributed by atoms with Crippen molar-refractivity contribution >= 4 is 0 Å². The van der Waals surface area contributed by atoms with Gasteiger partial charge in [0.05, 0.1) is 5.56 Å². The lowest BCUT2D eigenvalue weighted by Crippen LogP contribution is -2.33. The van der Waals surface area contributed by atoms with Crippen LogP contribution >= 0.6 is 0 Å². The third-order valence-corrected chi connectivity index (χ3v) is 4.12. The van der Waals surface area contributed by atoms with E-state index < -0.39 is 11.7 Å². The number of nitrogens with zero attached hydrogens (tertiary/aromatic N) is 1. The van der Waals surface area contributed by atoms with Crippen molar-refractivity contribution in [2.75, 3.05) is 20.1 Å². The molecular formula is C15H21F3N2. The van der Waals surface area contributed by atoms with Crippen LogP contribution in [-0.4, -0.2) is 25.0 Å². The van der Waals surface area contributed by atoms with Gasteiger partial charge in [-0.25, -0.2) is 0 Å². The maximum atomic E-state index is 12.9. The molecule has 0 radical (unpaired) electrons. The van der Waals surface area contributed by atoms with Crippen LogP contribution < -0.4 is 5.73 Å². The zero-order valence-electron chi connectivity index (χ0n) is 11.7. The van der Waals surface area contributed by atoms with Crippen molar-refractivity contribution in [2.24, 2.45) is 11.7 Å². The van der Waals surface area contributed by atoms with Gasteiger partial charge in [0.2, 0.25) is 0 Å². The molecule has 1 saturated heterocycles. The summed E-state index contributed by atoms with van der Waals surface area (Å²) in [5.74, 6) is 0.214. The first-order chi connectivity index (χ1) is 9.43. The molecule has 1 aromatic rings. The fourth-order valence-electron chi connectivity index (χ4n) is 3.10. The van der Waals surface area contributed by atoms with Crippen LogP contribution in [0.3, 0.4) is 0 Å². The lowest BCUT2D eigenvalue weighted by Gasteiger charge is -2.32. The highest BCUT2D eigenvalue weighted by Gasteiger charge is 2.33. The molecule has 0 aliphatic carbocycles. The molecule has 1 fully saturated rings. The molecule has 0 saturated carbocycles. The van der Waals surface area contributed by atoms with Gasteiger partial charge in [0, 0.05) is 6.04 Å². The number of rotatable bonds is 2. The molecule has 1 aliphatic heterocycles. The average molecular weight is 286 g/mol. The van der Waals surface area contributed by atoms with Crippen molar-refractivity contribution in [2.45, 2.75) is 31.5 Å². The van der Waals surface area contributed by atoms with Gasteiger partial charge in [0.15, 0.2) is 0 Å². The van der Waals surface area contributed by atoms with Gasteiger partial charge in [0.1, 0.15) is 0 Å². The molecule has 1 heterocycles. The molecular weight excluding hydrogens is 265 g/mol. The number of halogens is 3. The third-order valence-electron chi connectivity index (χ3n) is 4.12. The lowest BCUT2D eigenvalue weighted by atomic mass is 9.88. The monoisotopic (exact) mass is 286 g/mol. The summed E-state index contributed by atoms with van der Waals surface area (Å²) in [6, 6.07) is 5.64. The highest BCUT2D eigenvalue weighted by Crippen LogP contribution is 2.36. The smallest absolute Gasteiger partial charge is 0.330 e. The van der Waals surface area contributed by atoms with E-state index in [1.165, 1.54) is 12.1 Å². The van der Waals surface area contributed by atoms with Crippen molar-refractivity contribution in [3.8, 4) is 0 Å². The minimum atomic E-state index is -4.29. The normalized spacial score (nSPS) is 25.4. The van der Waals surface area contributed by atoms with Gasteiger partial charge in [-0.1, -0.05) is 18.6 Å². The molecule has 0 bridgehead atoms. The number of likely N-dealkylation sites (tertiary alicyclic amines) is 1. The molecule has 2 nitrogen and oxygen atoms in total. The van der Waals surface area contributed by atoms with Crippen LogP contribution in [0.5, 0.6) is 0 Å². The van der Waals surface area contributed by atoms with E-state index in [0.717, 1.165) is 37.4 Å². The number of hydrogen-bond donors (Lipinski definition) is 1. The van der Waals surface area contributed by atoms with E-state index in [4.69, 9.17) is 5.73 Å². The lowest BCUT2D eigenvalue weighted by molar-refractivity contribution is -0.137. The zero-order valence-corrected chi connectivity index (χ0v) is 11.7. The van der Waals surface area contributed by atoms with Gasteiger partial charge in [-0.15, -0.1) is 0 Å². The van der Waals surface area contributed by atoms with Crippen molar-refractivity contribution in [3.05, 3.63) is 35.4 Å². The summed E-state index contributed by atoms with van der Waals surface area (Å²) < 4.78 is 38.6. The van der Waals surface area contributed by atoms with E-state index in [1.54, 1.807) is 6.07 Å². The predicted molar refractivity (Wildman–Crippen MR) is 73.2 cm³/mol. The Bertz CT molecular complexity index is 445. The van der Waals surface area contributed by atoms with Crippen LogP contribution in [0.25, 0.3) is 0 Å². The summed E-state index contributed by atoms with van der Waals surface area (Å²) in [6.07, 6.45) is -1.16. The molecule has 5 heteroatoms. The minimum absolute atomic E-state index is 0.0233. The highest BCUT2D eigenvalue weighted by atomic mass is 19.4. The molecule has 1 aromatic carbocycles. The van der Waals surface area contributed by atoms with E-state index in [2.05, 4.69) is 4.90 Å². The number of alkyl halides is 3. The van der Waals surface area contributed by atoms with E-state index in [9.17, 15) is 13.2 Å². The summed E-state index contributed by atoms with van der Waals surface area (Å²) >= 11 is 0. The fourth-order valence-corrected chi connectivity index (χ4v) is 3.10. The first kappa shape index (κ1) is 15.3. The molecule has 0 spiro atoms. The Hall–Kier alpha value is -1.07. The largest absolute Gasteiger partial charge is 0.416 e. The molecule has 2 rings (SSSR count). The molecule has 2 unspecified atom stereocenters. The zero-order chi connectivity index (χ0) is 14.8. The second kappa shape index (κ2) is 6.14. The molecule has 0 amide bonds. The van der Waals surface area contributed by atoms with Gasteiger partial charge >= 0.3 is 6.18 Å². The number of benzene rings is 1. The maximum Gasteiger partial charge on any atom is 0.416 e. The summed E-state index contributed by atoms with van der Waals surface area (Å²) in [5, 5.41) is 0. The van der Waals surface area contributed by atoms with Crippen molar-refractivity contribution in [3.63, 3.8) is 0 Å². The molecule has 1 aliphatic rings. The van der Waals surface area contributed by atoms with Crippen LogP contribution in [0.1, 0.15) is 36.4 Å². The van der Waals surface area contributed by atoms with Crippen molar-refractivity contribution < 1.29 is 13.2 Å². The Labute approximate surface area is 117 Å². The molecule has 0 aromatic heterocycles. The van der Waals surface area contributed by atoms with Gasteiger partial charge < -0.3 is 5.73 Å². The van der Waals surface area contributed by atoms with E-state index in [-0.39, 0.29) is 12.0 Å². The second-order valence-corrected chi connectivity index (χ2v) is 5.54. The van der Waals surface area contributed by atoms with Crippen LogP contribution in [0.4, 0.5) is 13.2 Å². The number of hydrogen-bond acceptors (Lipinski definition) is 2. The highest BCUT2D eigenvalue weighted by molar-refractivity contribution is 5.28.